The Labute approximate surface area is 92.0 Å². The molecule has 1 heterocycles. The standard InChI is InChI=1S/C10H21NO3S/c1-2-15(13,14)9-3-4-10(12)5-7-11-8-6-10/h11-12H,2-9H2,1H3. The molecule has 1 saturated heterocycles. The van der Waals surface area contributed by atoms with Gasteiger partial charge in [-0.1, -0.05) is 6.92 Å². The van der Waals surface area contributed by atoms with Crippen LogP contribution in [0.1, 0.15) is 32.6 Å². The fourth-order valence-corrected chi connectivity index (χ4v) is 2.78. The normalized spacial score (nSPS) is 21.5. The fraction of sp³-hybridized carbons (Fsp3) is 1.00. The van der Waals surface area contributed by atoms with E-state index in [1.54, 1.807) is 6.92 Å². The van der Waals surface area contributed by atoms with Crippen molar-refractivity contribution in [1.82, 2.24) is 5.32 Å². The highest BCUT2D eigenvalue weighted by Crippen LogP contribution is 2.23. The lowest BCUT2D eigenvalue weighted by molar-refractivity contribution is 0.00213. The molecule has 90 valence electrons. The number of aliphatic hydroxyl groups is 1. The monoisotopic (exact) mass is 235 g/mol. The largest absolute Gasteiger partial charge is 0.390 e. The maximum absolute atomic E-state index is 11.3. The second kappa shape index (κ2) is 5.27. The van der Waals surface area contributed by atoms with Crippen molar-refractivity contribution in [3.63, 3.8) is 0 Å². The van der Waals surface area contributed by atoms with Gasteiger partial charge in [-0.3, -0.25) is 0 Å². The average molecular weight is 235 g/mol. The van der Waals surface area contributed by atoms with E-state index in [0.717, 1.165) is 25.9 Å². The molecule has 0 saturated carbocycles. The third-order valence-corrected chi connectivity index (χ3v) is 4.86. The van der Waals surface area contributed by atoms with Crippen LogP contribution in [-0.4, -0.2) is 43.7 Å². The number of rotatable bonds is 5. The van der Waals surface area contributed by atoms with Crippen LogP contribution < -0.4 is 5.32 Å². The van der Waals surface area contributed by atoms with E-state index in [2.05, 4.69) is 5.32 Å². The number of piperidine rings is 1. The highest BCUT2D eigenvalue weighted by Gasteiger charge is 2.28. The van der Waals surface area contributed by atoms with Gasteiger partial charge in [0.2, 0.25) is 0 Å². The molecule has 1 aliphatic heterocycles. The summed E-state index contributed by atoms with van der Waals surface area (Å²) in [7, 11) is -2.87. The minimum atomic E-state index is -2.87. The van der Waals surface area contributed by atoms with Gasteiger partial charge in [0.25, 0.3) is 0 Å². The molecule has 15 heavy (non-hydrogen) atoms. The van der Waals surface area contributed by atoms with Crippen LogP contribution in [0.3, 0.4) is 0 Å². The van der Waals surface area contributed by atoms with Crippen molar-refractivity contribution < 1.29 is 13.5 Å². The van der Waals surface area contributed by atoms with E-state index >= 15 is 0 Å². The first-order chi connectivity index (χ1) is 6.97. The number of hydrogen-bond donors (Lipinski definition) is 2. The quantitative estimate of drug-likeness (QED) is 0.720. The van der Waals surface area contributed by atoms with Crippen LogP contribution in [0.15, 0.2) is 0 Å². The molecular weight excluding hydrogens is 214 g/mol. The molecule has 1 aliphatic rings. The Morgan fingerprint density at radius 2 is 1.93 bits per heavy atom. The summed E-state index contributed by atoms with van der Waals surface area (Å²) in [6.45, 7) is 3.32. The molecule has 0 unspecified atom stereocenters. The average Bonchev–Trinajstić information content (AvgIpc) is 2.18. The zero-order chi connectivity index (χ0) is 11.4. The van der Waals surface area contributed by atoms with Gasteiger partial charge >= 0.3 is 0 Å². The van der Waals surface area contributed by atoms with E-state index in [4.69, 9.17) is 0 Å². The highest BCUT2D eigenvalue weighted by atomic mass is 32.2. The molecule has 2 N–H and O–H groups in total. The van der Waals surface area contributed by atoms with Crippen molar-refractivity contribution in [3.8, 4) is 0 Å². The molecule has 0 amide bonds. The van der Waals surface area contributed by atoms with Gasteiger partial charge in [0, 0.05) is 5.75 Å². The van der Waals surface area contributed by atoms with Crippen molar-refractivity contribution in [2.75, 3.05) is 24.6 Å². The lowest BCUT2D eigenvalue weighted by Crippen LogP contribution is -2.42. The minimum Gasteiger partial charge on any atom is -0.390 e. The lowest BCUT2D eigenvalue weighted by atomic mass is 9.88. The molecule has 0 spiro atoms. The summed E-state index contributed by atoms with van der Waals surface area (Å²) < 4.78 is 22.5. The molecule has 0 atom stereocenters. The first-order valence-electron chi connectivity index (χ1n) is 5.61. The molecule has 0 aliphatic carbocycles. The summed E-state index contributed by atoms with van der Waals surface area (Å²) in [5.74, 6) is 0.409. The second-order valence-electron chi connectivity index (χ2n) is 4.31. The minimum absolute atomic E-state index is 0.201. The molecule has 0 aromatic carbocycles. The summed E-state index contributed by atoms with van der Waals surface area (Å²) in [5, 5.41) is 13.3. The predicted molar refractivity (Wildman–Crippen MR) is 60.6 cm³/mol. The van der Waals surface area contributed by atoms with E-state index in [1.807, 2.05) is 0 Å². The van der Waals surface area contributed by atoms with E-state index in [1.165, 1.54) is 0 Å². The highest BCUT2D eigenvalue weighted by molar-refractivity contribution is 7.91. The zero-order valence-electron chi connectivity index (χ0n) is 9.33. The number of sulfone groups is 1. The van der Waals surface area contributed by atoms with Crippen LogP contribution in [0.25, 0.3) is 0 Å². The topological polar surface area (TPSA) is 66.4 Å². The van der Waals surface area contributed by atoms with E-state index in [0.29, 0.717) is 12.8 Å². The second-order valence-corrected chi connectivity index (χ2v) is 6.79. The van der Waals surface area contributed by atoms with Gasteiger partial charge in [-0.2, -0.15) is 0 Å². The Kier molecular flexibility index (Phi) is 4.55. The lowest BCUT2D eigenvalue weighted by Gasteiger charge is -2.32. The molecule has 0 aromatic heterocycles. The third kappa shape index (κ3) is 4.49. The van der Waals surface area contributed by atoms with Gasteiger partial charge in [0.05, 0.1) is 11.4 Å². The van der Waals surface area contributed by atoms with Crippen LogP contribution in [-0.2, 0) is 9.84 Å². The van der Waals surface area contributed by atoms with Crippen LogP contribution in [0.5, 0.6) is 0 Å². The summed E-state index contributed by atoms with van der Waals surface area (Å²) in [5.41, 5.74) is -0.630. The van der Waals surface area contributed by atoms with Crippen molar-refractivity contribution >= 4 is 9.84 Å². The van der Waals surface area contributed by atoms with Crippen LogP contribution >= 0.6 is 0 Å². The van der Waals surface area contributed by atoms with Crippen molar-refractivity contribution in [1.29, 1.82) is 0 Å². The summed E-state index contributed by atoms with van der Waals surface area (Å²) in [4.78, 5) is 0. The van der Waals surface area contributed by atoms with Gasteiger partial charge in [0.1, 0.15) is 9.84 Å². The third-order valence-electron chi connectivity index (χ3n) is 3.07. The fourth-order valence-electron chi connectivity index (χ4n) is 1.91. The number of nitrogens with one attached hydrogen (secondary N) is 1. The zero-order valence-corrected chi connectivity index (χ0v) is 10.1. The molecule has 1 rings (SSSR count). The van der Waals surface area contributed by atoms with Crippen molar-refractivity contribution in [2.45, 2.75) is 38.2 Å². The summed E-state index contributed by atoms with van der Waals surface area (Å²) >= 11 is 0. The van der Waals surface area contributed by atoms with Crippen LogP contribution in [0.2, 0.25) is 0 Å². The van der Waals surface area contributed by atoms with E-state index in [9.17, 15) is 13.5 Å². The molecule has 0 aromatic rings. The summed E-state index contributed by atoms with van der Waals surface area (Å²) in [6, 6.07) is 0. The van der Waals surface area contributed by atoms with E-state index < -0.39 is 15.4 Å². The molecule has 0 radical (unpaired) electrons. The molecule has 4 nitrogen and oxygen atoms in total. The summed E-state index contributed by atoms with van der Waals surface area (Å²) in [6.07, 6.45) is 2.65. The Morgan fingerprint density at radius 1 is 1.33 bits per heavy atom. The maximum atomic E-state index is 11.3. The maximum Gasteiger partial charge on any atom is 0.150 e. The van der Waals surface area contributed by atoms with Gasteiger partial charge in [-0.15, -0.1) is 0 Å². The van der Waals surface area contributed by atoms with Gasteiger partial charge in [-0.05, 0) is 38.8 Å². The first-order valence-corrected chi connectivity index (χ1v) is 7.43. The van der Waals surface area contributed by atoms with Crippen molar-refractivity contribution in [3.05, 3.63) is 0 Å². The van der Waals surface area contributed by atoms with Crippen LogP contribution in [0, 0.1) is 0 Å². The predicted octanol–water partition coefficient (Wildman–Crippen LogP) is 0.316. The Hall–Kier alpha value is -0.130. The molecule has 5 heteroatoms. The van der Waals surface area contributed by atoms with Gasteiger partial charge in [-0.25, -0.2) is 8.42 Å². The molecule has 0 bridgehead atoms. The van der Waals surface area contributed by atoms with E-state index in [-0.39, 0.29) is 11.5 Å². The molecular formula is C10H21NO3S. The van der Waals surface area contributed by atoms with Gasteiger partial charge < -0.3 is 10.4 Å². The smallest absolute Gasteiger partial charge is 0.150 e. The first kappa shape index (κ1) is 12.9. The Balaban J connectivity index is 2.30. The number of hydrogen-bond acceptors (Lipinski definition) is 4. The molecule has 1 fully saturated rings. The SMILES string of the molecule is CCS(=O)(=O)CCCC1(O)CCNCC1. The van der Waals surface area contributed by atoms with Crippen LogP contribution in [0.4, 0.5) is 0 Å². The Bertz CT molecular complexity index is 281. The Morgan fingerprint density at radius 3 is 2.47 bits per heavy atom. The van der Waals surface area contributed by atoms with Gasteiger partial charge in [0.15, 0.2) is 0 Å². The van der Waals surface area contributed by atoms with Crippen molar-refractivity contribution in [2.24, 2.45) is 0 Å².